The van der Waals surface area contributed by atoms with E-state index in [1.165, 1.54) is 19.2 Å². The third kappa shape index (κ3) is 2.62. The number of ether oxygens (including phenoxy) is 1. The van der Waals surface area contributed by atoms with Crippen molar-refractivity contribution in [3.63, 3.8) is 0 Å². The maximum atomic E-state index is 13.3. The van der Waals surface area contributed by atoms with E-state index in [1.807, 2.05) is 13.2 Å². The summed E-state index contributed by atoms with van der Waals surface area (Å²) in [4.78, 5) is 4.20. The summed E-state index contributed by atoms with van der Waals surface area (Å²) in [6.45, 7) is 0.680. The molecule has 0 aliphatic carbocycles. The van der Waals surface area contributed by atoms with Crippen LogP contribution in [-0.2, 0) is 6.54 Å². The summed E-state index contributed by atoms with van der Waals surface area (Å²) in [7, 11) is 3.36. The molecule has 0 radical (unpaired) electrons. The molecule has 1 aromatic carbocycles. The standard InChI is InChI=1S/C12H14FN3O/c1-14-6-10-7-16(8-15-10)11-3-9(13)4-12(5-11)17-2/h3-5,7-8,14H,6H2,1-2H3. The van der Waals surface area contributed by atoms with E-state index >= 15 is 0 Å². The number of imidazole rings is 1. The van der Waals surface area contributed by atoms with E-state index in [9.17, 15) is 4.39 Å². The number of nitrogens with one attached hydrogen (secondary N) is 1. The summed E-state index contributed by atoms with van der Waals surface area (Å²) in [6, 6.07) is 4.54. The fourth-order valence-corrected chi connectivity index (χ4v) is 1.59. The van der Waals surface area contributed by atoms with Crippen molar-refractivity contribution in [2.24, 2.45) is 0 Å². The maximum Gasteiger partial charge on any atom is 0.128 e. The SMILES string of the molecule is CNCc1cn(-c2cc(F)cc(OC)c2)cn1. The maximum absolute atomic E-state index is 13.3. The Morgan fingerprint density at radius 3 is 2.94 bits per heavy atom. The van der Waals surface area contributed by atoms with Crippen molar-refractivity contribution in [2.45, 2.75) is 6.54 Å². The molecule has 0 unspecified atom stereocenters. The second kappa shape index (κ2) is 4.97. The van der Waals surface area contributed by atoms with Gasteiger partial charge >= 0.3 is 0 Å². The van der Waals surface area contributed by atoms with Crippen LogP contribution in [0.25, 0.3) is 5.69 Å². The minimum atomic E-state index is -0.330. The van der Waals surface area contributed by atoms with E-state index in [0.29, 0.717) is 18.0 Å². The van der Waals surface area contributed by atoms with Crippen molar-refractivity contribution in [3.05, 3.63) is 42.2 Å². The van der Waals surface area contributed by atoms with Crippen LogP contribution in [0.4, 0.5) is 4.39 Å². The minimum Gasteiger partial charge on any atom is -0.497 e. The second-order valence-electron chi connectivity index (χ2n) is 3.65. The molecular formula is C12H14FN3O. The van der Waals surface area contributed by atoms with Crippen LogP contribution in [0.15, 0.2) is 30.7 Å². The summed E-state index contributed by atoms with van der Waals surface area (Å²) < 4.78 is 20.1. The van der Waals surface area contributed by atoms with Gasteiger partial charge in [-0.05, 0) is 13.1 Å². The van der Waals surface area contributed by atoms with Crippen LogP contribution >= 0.6 is 0 Å². The lowest BCUT2D eigenvalue weighted by atomic mass is 10.3. The highest BCUT2D eigenvalue weighted by Gasteiger charge is 2.04. The Morgan fingerprint density at radius 2 is 2.24 bits per heavy atom. The molecule has 0 atom stereocenters. The number of aromatic nitrogens is 2. The first kappa shape index (κ1) is 11.6. The van der Waals surface area contributed by atoms with E-state index in [2.05, 4.69) is 10.3 Å². The van der Waals surface area contributed by atoms with Gasteiger partial charge in [-0.1, -0.05) is 0 Å². The van der Waals surface area contributed by atoms with Gasteiger partial charge in [0.25, 0.3) is 0 Å². The van der Waals surface area contributed by atoms with Gasteiger partial charge in [0.1, 0.15) is 11.6 Å². The highest BCUT2D eigenvalue weighted by molar-refractivity contribution is 5.40. The van der Waals surface area contributed by atoms with Crippen LogP contribution < -0.4 is 10.1 Å². The van der Waals surface area contributed by atoms with Gasteiger partial charge in [-0.2, -0.15) is 0 Å². The fourth-order valence-electron chi connectivity index (χ4n) is 1.59. The predicted octanol–water partition coefficient (Wildman–Crippen LogP) is 1.74. The van der Waals surface area contributed by atoms with E-state index in [0.717, 1.165) is 5.69 Å². The molecule has 0 saturated heterocycles. The van der Waals surface area contributed by atoms with Crippen LogP contribution in [0.5, 0.6) is 5.75 Å². The molecule has 0 amide bonds. The number of hydrogen-bond acceptors (Lipinski definition) is 3. The van der Waals surface area contributed by atoms with Crippen molar-refractivity contribution in [1.82, 2.24) is 14.9 Å². The van der Waals surface area contributed by atoms with Crippen LogP contribution in [0.3, 0.4) is 0 Å². The average Bonchev–Trinajstić information content (AvgIpc) is 2.77. The van der Waals surface area contributed by atoms with Gasteiger partial charge in [-0.3, -0.25) is 0 Å². The molecule has 90 valence electrons. The van der Waals surface area contributed by atoms with Crippen LogP contribution in [0.2, 0.25) is 0 Å². The zero-order chi connectivity index (χ0) is 12.3. The lowest BCUT2D eigenvalue weighted by Gasteiger charge is -2.05. The molecule has 1 N–H and O–H groups in total. The van der Waals surface area contributed by atoms with Crippen molar-refractivity contribution in [2.75, 3.05) is 14.2 Å². The van der Waals surface area contributed by atoms with Crippen molar-refractivity contribution < 1.29 is 9.13 Å². The quantitative estimate of drug-likeness (QED) is 0.877. The zero-order valence-corrected chi connectivity index (χ0v) is 9.77. The molecule has 0 bridgehead atoms. The van der Waals surface area contributed by atoms with Crippen LogP contribution in [-0.4, -0.2) is 23.7 Å². The van der Waals surface area contributed by atoms with Gasteiger partial charge in [0.2, 0.25) is 0 Å². The van der Waals surface area contributed by atoms with E-state index < -0.39 is 0 Å². The van der Waals surface area contributed by atoms with E-state index in [4.69, 9.17) is 4.74 Å². The third-order valence-electron chi connectivity index (χ3n) is 2.38. The lowest BCUT2D eigenvalue weighted by molar-refractivity contribution is 0.411. The molecule has 0 fully saturated rings. The molecule has 0 spiro atoms. The van der Waals surface area contributed by atoms with Gasteiger partial charge < -0.3 is 14.6 Å². The van der Waals surface area contributed by atoms with Gasteiger partial charge in [-0.15, -0.1) is 0 Å². The molecule has 2 aromatic rings. The van der Waals surface area contributed by atoms with Gasteiger partial charge in [0.05, 0.1) is 24.8 Å². The molecule has 4 nitrogen and oxygen atoms in total. The number of hydrogen-bond donors (Lipinski definition) is 1. The Morgan fingerprint density at radius 1 is 1.41 bits per heavy atom. The van der Waals surface area contributed by atoms with E-state index in [-0.39, 0.29) is 5.82 Å². The first-order valence-electron chi connectivity index (χ1n) is 5.25. The largest absolute Gasteiger partial charge is 0.497 e. The third-order valence-corrected chi connectivity index (χ3v) is 2.38. The molecule has 2 rings (SSSR count). The number of methoxy groups -OCH3 is 1. The Bertz CT molecular complexity index is 510. The summed E-state index contributed by atoms with van der Waals surface area (Å²) in [6.07, 6.45) is 3.51. The van der Waals surface area contributed by atoms with Crippen molar-refractivity contribution in [3.8, 4) is 11.4 Å². The predicted molar refractivity (Wildman–Crippen MR) is 62.8 cm³/mol. The van der Waals surface area contributed by atoms with Crippen molar-refractivity contribution >= 4 is 0 Å². The Balaban J connectivity index is 2.34. The van der Waals surface area contributed by atoms with E-state index in [1.54, 1.807) is 17.0 Å². The smallest absolute Gasteiger partial charge is 0.128 e. The van der Waals surface area contributed by atoms with Crippen LogP contribution in [0.1, 0.15) is 5.69 Å². The first-order chi connectivity index (χ1) is 8.22. The number of rotatable bonds is 4. The summed E-state index contributed by atoms with van der Waals surface area (Å²) >= 11 is 0. The molecule has 0 aliphatic rings. The monoisotopic (exact) mass is 235 g/mol. The second-order valence-corrected chi connectivity index (χ2v) is 3.65. The Labute approximate surface area is 99.1 Å². The van der Waals surface area contributed by atoms with Crippen LogP contribution in [0, 0.1) is 5.82 Å². The van der Waals surface area contributed by atoms with Crippen molar-refractivity contribution in [1.29, 1.82) is 0 Å². The fraction of sp³-hybridized carbons (Fsp3) is 0.250. The molecular weight excluding hydrogens is 221 g/mol. The van der Waals surface area contributed by atoms with Gasteiger partial charge in [0, 0.05) is 24.9 Å². The average molecular weight is 235 g/mol. The normalized spacial score (nSPS) is 10.5. The highest BCUT2D eigenvalue weighted by Crippen LogP contribution is 2.19. The molecule has 0 saturated carbocycles. The Hall–Kier alpha value is -1.88. The number of halogens is 1. The zero-order valence-electron chi connectivity index (χ0n) is 9.77. The Kier molecular flexibility index (Phi) is 3.39. The first-order valence-corrected chi connectivity index (χ1v) is 5.25. The summed E-state index contributed by atoms with van der Waals surface area (Å²) in [5.41, 5.74) is 1.59. The summed E-state index contributed by atoms with van der Waals surface area (Å²) in [5.74, 6) is 0.159. The summed E-state index contributed by atoms with van der Waals surface area (Å²) in [5, 5.41) is 3.01. The number of benzene rings is 1. The van der Waals surface area contributed by atoms with Gasteiger partial charge in [-0.25, -0.2) is 9.37 Å². The molecule has 1 aromatic heterocycles. The molecule has 5 heteroatoms. The minimum absolute atomic E-state index is 0.330. The topological polar surface area (TPSA) is 39.1 Å². The molecule has 17 heavy (non-hydrogen) atoms. The highest BCUT2D eigenvalue weighted by atomic mass is 19.1. The van der Waals surface area contributed by atoms with Gasteiger partial charge in [0.15, 0.2) is 0 Å². The molecule has 1 heterocycles. The molecule has 0 aliphatic heterocycles. The lowest BCUT2D eigenvalue weighted by Crippen LogP contribution is -2.04. The number of nitrogens with zero attached hydrogens (tertiary/aromatic N) is 2.